The Labute approximate surface area is 140 Å². The lowest BCUT2D eigenvalue weighted by molar-refractivity contribution is 0.0692. The Kier molecular flexibility index (Phi) is 6.08. The van der Waals surface area contributed by atoms with E-state index in [1.54, 1.807) is 37.6 Å². The third-order valence-corrected chi connectivity index (χ3v) is 3.25. The number of rotatable bonds is 8. The second-order valence-corrected chi connectivity index (χ2v) is 5.22. The van der Waals surface area contributed by atoms with Crippen molar-refractivity contribution < 1.29 is 19.4 Å². The van der Waals surface area contributed by atoms with Gasteiger partial charge in [-0.25, -0.2) is 14.8 Å². The Hall–Kier alpha value is -2.67. The number of aromatic carboxylic acids is 1. The molecule has 2 rings (SSSR count). The van der Waals surface area contributed by atoms with Gasteiger partial charge < -0.3 is 19.9 Å². The fourth-order valence-corrected chi connectivity index (χ4v) is 2.24. The van der Waals surface area contributed by atoms with E-state index >= 15 is 0 Å². The first-order chi connectivity index (χ1) is 11.5. The average Bonchev–Trinajstić information content (AvgIpc) is 2.55. The molecular weight excluding hydrogens is 310 g/mol. The van der Waals surface area contributed by atoms with Crippen molar-refractivity contribution in [2.24, 2.45) is 0 Å². The highest BCUT2D eigenvalue weighted by atomic mass is 16.5. The van der Waals surface area contributed by atoms with Crippen molar-refractivity contribution in [2.75, 3.05) is 25.6 Å². The minimum atomic E-state index is -1.04. The number of ether oxygens (including phenoxy) is 2. The van der Waals surface area contributed by atoms with Gasteiger partial charge in [-0.1, -0.05) is 0 Å². The van der Waals surface area contributed by atoms with Crippen molar-refractivity contribution in [3.63, 3.8) is 0 Å². The van der Waals surface area contributed by atoms with Crippen LogP contribution in [0.5, 0.6) is 5.75 Å². The molecule has 7 heteroatoms. The number of hydrogen-bond donors (Lipinski definition) is 2. The summed E-state index contributed by atoms with van der Waals surface area (Å²) < 4.78 is 10.4. The van der Waals surface area contributed by atoms with Crippen LogP contribution in [0.1, 0.15) is 24.2 Å². The number of carboxylic acids is 1. The second-order valence-electron chi connectivity index (χ2n) is 5.22. The Bertz CT molecular complexity index is 706. The summed E-state index contributed by atoms with van der Waals surface area (Å²) >= 11 is 0. The first-order valence-electron chi connectivity index (χ1n) is 7.64. The van der Waals surface area contributed by atoms with Gasteiger partial charge in [0.25, 0.3) is 0 Å². The average molecular weight is 331 g/mol. The molecule has 0 bridgehead atoms. The van der Waals surface area contributed by atoms with Crippen LogP contribution in [-0.2, 0) is 4.74 Å². The lowest BCUT2D eigenvalue weighted by Gasteiger charge is -2.13. The van der Waals surface area contributed by atoms with E-state index in [9.17, 15) is 9.90 Å². The molecule has 0 aliphatic rings. The minimum Gasteiger partial charge on any atom is -0.493 e. The van der Waals surface area contributed by atoms with Gasteiger partial charge in [0.05, 0.1) is 18.9 Å². The van der Waals surface area contributed by atoms with Crippen molar-refractivity contribution in [1.29, 1.82) is 0 Å². The van der Waals surface area contributed by atoms with Gasteiger partial charge in [-0.15, -0.1) is 0 Å². The van der Waals surface area contributed by atoms with Gasteiger partial charge in [0.2, 0.25) is 5.95 Å². The zero-order valence-electron chi connectivity index (χ0n) is 13.9. The van der Waals surface area contributed by atoms with Crippen LogP contribution in [0.3, 0.4) is 0 Å². The highest BCUT2D eigenvalue weighted by molar-refractivity contribution is 5.92. The highest BCUT2D eigenvalue weighted by Gasteiger charge is 2.14. The number of carbonyl (C=O) groups is 1. The summed E-state index contributed by atoms with van der Waals surface area (Å²) in [6, 6.07) is 6.76. The Morgan fingerprint density at radius 2 is 2.17 bits per heavy atom. The summed E-state index contributed by atoms with van der Waals surface area (Å²) in [5, 5.41) is 12.5. The number of hydrogen-bond acceptors (Lipinski definition) is 6. The molecule has 0 aliphatic heterocycles. The van der Waals surface area contributed by atoms with Gasteiger partial charge in [-0.3, -0.25) is 0 Å². The first-order valence-corrected chi connectivity index (χ1v) is 7.64. The zero-order chi connectivity index (χ0) is 17.5. The van der Waals surface area contributed by atoms with Gasteiger partial charge in [-0.2, -0.15) is 0 Å². The van der Waals surface area contributed by atoms with Crippen LogP contribution in [0.2, 0.25) is 0 Å². The van der Waals surface area contributed by atoms with E-state index in [1.165, 1.54) is 0 Å². The quantitative estimate of drug-likeness (QED) is 0.768. The predicted molar refractivity (Wildman–Crippen MR) is 90.6 cm³/mol. The highest BCUT2D eigenvalue weighted by Crippen LogP contribution is 2.26. The number of anilines is 1. The smallest absolute Gasteiger partial charge is 0.339 e. The Morgan fingerprint density at radius 1 is 1.38 bits per heavy atom. The van der Waals surface area contributed by atoms with Gasteiger partial charge in [0, 0.05) is 24.9 Å². The van der Waals surface area contributed by atoms with Gasteiger partial charge in [0.1, 0.15) is 11.3 Å². The molecule has 1 unspecified atom stereocenters. The number of nitrogens with one attached hydrogen (secondary N) is 1. The van der Waals surface area contributed by atoms with E-state index < -0.39 is 5.97 Å². The first kappa shape index (κ1) is 17.7. The lowest BCUT2D eigenvalue weighted by atomic mass is 10.1. The third kappa shape index (κ3) is 4.42. The van der Waals surface area contributed by atoms with E-state index in [1.807, 2.05) is 13.8 Å². The van der Waals surface area contributed by atoms with E-state index in [0.29, 0.717) is 36.2 Å². The van der Waals surface area contributed by atoms with E-state index in [2.05, 4.69) is 15.3 Å². The largest absolute Gasteiger partial charge is 0.493 e. The molecule has 2 aromatic rings. The molecule has 24 heavy (non-hydrogen) atoms. The maximum absolute atomic E-state index is 11.4. The number of nitrogens with zero attached hydrogens (tertiary/aromatic N) is 2. The molecule has 0 saturated heterocycles. The van der Waals surface area contributed by atoms with E-state index in [0.717, 1.165) is 0 Å². The van der Waals surface area contributed by atoms with E-state index in [-0.39, 0.29) is 11.6 Å². The van der Waals surface area contributed by atoms with E-state index in [4.69, 9.17) is 9.47 Å². The van der Waals surface area contributed by atoms with Crippen LogP contribution in [0.15, 0.2) is 30.5 Å². The predicted octanol–water partition coefficient (Wildman–Crippen LogP) is 2.69. The standard InChI is InChI=1S/C17H21N3O4/c1-4-24-15-6-5-12(9-13(15)16(21)22)14-7-8-18-17(20-14)19-11(2)10-23-3/h5-9,11H,4,10H2,1-3H3,(H,21,22)(H,18,19,20). The molecular formula is C17H21N3O4. The maximum atomic E-state index is 11.4. The van der Waals surface area contributed by atoms with Crippen LogP contribution in [0.4, 0.5) is 5.95 Å². The molecule has 128 valence electrons. The summed E-state index contributed by atoms with van der Waals surface area (Å²) in [4.78, 5) is 20.0. The van der Waals surface area contributed by atoms with Crippen molar-refractivity contribution in [2.45, 2.75) is 19.9 Å². The number of carboxylic acid groups (broad SMARTS) is 1. The summed E-state index contributed by atoms with van der Waals surface area (Å²) in [7, 11) is 1.63. The molecule has 0 aliphatic carbocycles. The summed E-state index contributed by atoms with van der Waals surface area (Å²) in [6.07, 6.45) is 1.63. The third-order valence-electron chi connectivity index (χ3n) is 3.25. The Morgan fingerprint density at radius 3 is 2.83 bits per heavy atom. The fraction of sp³-hybridized carbons (Fsp3) is 0.353. The van der Waals surface area contributed by atoms with Crippen LogP contribution in [0.25, 0.3) is 11.3 Å². The normalized spacial score (nSPS) is 11.8. The second kappa shape index (κ2) is 8.26. The van der Waals surface area contributed by atoms with Crippen LogP contribution in [0, 0.1) is 0 Å². The van der Waals surface area contributed by atoms with Gasteiger partial charge >= 0.3 is 5.97 Å². The zero-order valence-corrected chi connectivity index (χ0v) is 13.9. The molecule has 1 atom stereocenters. The molecule has 0 saturated carbocycles. The summed E-state index contributed by atoms with van der Waals surface area (Å²) in [6.45, 7) is 4.69. The Balaban J connectivity index is 2.31. The maximum Gasteiger partial charge on any atom is 0.339 e. The molecule has 1 heterocycles. The lowest BCUT2D eigenvalue weighted by Crippen LogP contribution is -2.22. The van der Waals surface area contributed by atoms with Crippen LogP contribution in [-0.4, -0.2) is 47.4 Å². The minimum absolute atomic E-state index is 0.0557. The van der Waals surface area contributed by atoms with Gasteiger partial charge in [-0.05, 0) is 38.1 Å². The molecule has 0 radical (unpaired) electrons. The summed E-state index contributed by atoms with van der Waals surface area (Å²) in [5.41, 5.74) is 1.42. The number of methoxy groups -OCH3 is 1. The molecule has 2 N–H and O–H groups in total. The topological polar surface area (TPSA) is 93.6 Å². The molecule has 0 fully saturated rings. The molecule has 1 aromatic heterocycles. The summed E-state index contributed by atoms with van der Waals surface area (Å²) in [5.74, 6) is -0.237. The van der Waals surface area contributed by atoms with Crippen molar-refractivity contribution >= 4 is 11.9 Å². The monoisotopic (exact) mass is 331 g/mol. The SMILES string of the molecule is CCOc1ccc(-c2ccnc(NC(C)COC)n2)cc1C(=O)O. The molecule has 7 nitrogen and oxygen atoms in total. The fourth-order valence-electron chi connectivity index (χ4n) is 2.24. The van der Waals surface area contributed by atoms with Crippen molar-refractivity contribution in [3.8, 4) is 17.0 Å². The molecule has 0 amide bonds. The number of aromatic nitrogens is 2. The molecule has 0 spiro atoms. The van der Waals surface area contributed by atoms with Gasteiger partial charge in [0.15, 0.2) is 0 Å². The van der Waals surface area contributed by atoms with Crippen molar-refractivity contribution in [1.82, 2.24) is 9.97 Å². The molecule has 1 aromatic carbocycles. The van der Waals surface area contributed by atoms with Crippen molar-refractivity contribution in [3.05, 3.63) is 36.0 Å². The van der Waals surface area contributed by atoms with Crippen LogP contribution >= 0.6 is 0 Å². The van der Waals surface area contributed by atoms with Crippen LogP contribution < -0.4 is 10.1 Å². The number of benzene rings is 1.